The van der Waals surface area contributed by atoms with Crippen LogP contribution in [0, 0.1) is 5.82 Å². The minimum atomic E-state index is -0.377. The number of hydrogen-bond acceptors (Lipinski definition) is 2. The molecule has 1 heterocycles. The molecule has 0 bridgehead atoms. The molecule has 0 spiro atoms. The average Bonchev–Trinajstić information content (AvgIpc) is 2.37. The first-order valence-electron chi connectivity index (χ1n) is 5.24. The molecule has 5 heteroatoms. The summed E-state index contributed by atoms with van der Waals surface area (Å²) in [6.07, 6.45) is 1.59. The van der Waals surface area contributed by atoms with Crippen LogP contribution in [0.5, 0.6) is 0 Å². The Bertz CT molecular complexity index is 589. The molecule has 18 heavy (non-hydrogen) atoms. The summed E-state index contributed by atoms with van der Waals surface area (Å²) in [5.41, 5.74) is 0.931. The van der Waals surface area contributed by atoms with E-state index in [-0.39, 0.29) is 11.7 Å². The van der Waals surface area contributed by atoms with E-state index < -0.39 is 0 Å². The van der Waals surface area contributed by atoms with Gasteiger partial charge in [-0.05, 0) is 46.3 Å². The van der Waals surface area contributed by atoms with Crippen molar-refractivity contribution in [3.05, 3.63) is 58.6 Å². The number of benzene rings is 1. The van der Waals surface area contributed by atoms with E-state index in [0.717, 1.165) is 0 Å². The maximum absolute atomic E-state index is 13.1. The summed E-state index contributed by atoms with van der Waals surface area (Å²) < 4.78 is 13.6. The second-order valence-corrected chi connectivity index (χ2v) is 4.44. The standard InChI is InChI=1S/C13H10BrFN2O/c1-17(10-5-2-4-9(15)8-10)13(18)11-6-3-7-16-12(11)14/h2-8H,1H3. The van der Waals surface area contributed by atoms with Crippen LogP contribution in [0.25, 0.3) is 0 Å². The van der Waals surface area contributed by atoms with Gasteiger partial charge < -0.3 is 4.90 Å². The fraction of sp³-hybridized carbons (Fsp3) is 0.0769. The summed E-state index contributed by atoms with van der Waals surface area (Å²) in [7, 11) is 1.59. The average molecular weight is 309 g/mol. The van der Waals surface area contributed by atoms with Gasteiger partial charge in [-0.3, -0.25) is 4.79 Å². The van der Waals surface area contributed by atoms with Crippen LogP contribution < -0.4 is 4.90 Å². The zero-order chi connectivity index (χ0) is 13.1. The second-order valence-electron chi connectivity index (χ2n) is 3.69. The third-order valence-electron chi connectivity index (χ3n) is 2.49. The van der Waals surface area contributed by atoms with E-state index in [1.807, 2.05) is 0 Å². The van der Waals surface area contributed by atoms with E-state index in [4.69, 9.17) is 0 Å². The highest BCUT2D eigenvalue weighted by molar-refractivity contribution is 9.10. The fourth-order valence-corrected chi connectivity index (χ4v) is 1.95. The van der Waals surface area contributed by atoms with Gasteiger partial charge in [0, 0.05) is 18.9 Å². The molecular formula is C13H10BrFN2O. The number of halogens is 2. The number of rotatable bonds is 2. The Morgan fingerprint density at radius 1 is 1.33 bits per heavy atom. The molecule has 1 aromatic heterocycles. The molecule has 2 aromatic rings. The summed E-state index contributed by atoms with van der Waals surface area (Å²) in [5.74, 6) is -0.627. The summed E-state index contributed by atoms with van der Waals surface area (Å²) in [6.45, 7) is 0. The number of nitrogens with zero attached hydrogens (tertiary/aromatic N) is 2. The summed E-state index contributed by atoms with van der Waals surface area (Å²) in [6, 6.07) is 9.22. The number of hydrogen-bond donors (Lipinski definition) is 0. The van der Waals surface area contributed by atoms with E-state index in [9.17, 15) is 9.18 Å². The number of pyridine rings is 1. The van der Waals surface area contributed by atoms with Gasteiger partial charge in [-0.1, -0.05) is 6.07 Å². The highest BCUT2D eigenvalue weighted by atomic mass is 79.9. The predicted molar refractivity (Wildman–Crippen MR) is 71.1 cm³/mol. The Balaban J connectivity index is 2.32. The van der Waals surface area contributed by atoms with Crippen molar-refractivity contribution in [2.45, 2.75) is 0 Å². The lowest BCUT2D eigenvalue weighted by atomic mass is 10.2. The molecular weight excluding hydrogens is 299 g/mol. The van der Waals surface area contributed by atoms with Crippen molar-refractivity contribution in [3.63, 3.8) is 0 Å². The Labute approximate surface area is 112 Å². The van der Waals surface area contributed by atoms with Gasteiger partial charge in [-0.2, -0.15) is 0 Å². The molecule has 0 fully saturated rings. The van der Waals surface area contributed by atoms with Crippen LogP contribution in [0.4, 0.5) is 10.1 Å². The lowest BCUT2D eigenvalue weighted by Crippen LogP contribution is -2.26. The Morgan fingerprint density at radius 2 is 2.11 bits per heavy atom. The number of anilines is 1. The molecule has 1 aromatic carbocycles. The van der Waals surface area contributed by atoms with Crippen LogP contribution in [0.1, 0.15) is 10.4 Å². The number of aromatic nitrogens is 1. The highest BCUT2D eigenvalue weighted by Crippen LogP contribution is 2.20. The van der Waals surface area contributed by atoms with Crippen molar-refractivity contribution in [2.24, 2.45) is 0 Å². The van der Waals surface area contributed by atoms with Crippen molar-refractivity contribution in [1.82, 2.24) is 4.98 Å². The topological polar surface area (TPSA) is 33.2 Å². The highest BCUT2D eigenvalue weighted by Gasteiger charge is 2.16. The molecule has 0 aliphatic heterocycles. The molecule has 0 atom stereocenters. The van der Waals surface area contributed by atoms with Crippen LogP contribution in [-0.4, -0.2) is 17.9 Å². The number of amides is 1. The lowest BCUT2D eigenvalue weighted by Gasteiger charge is -2.17. The third kappa shape index (κ3) is 2.56. The maximum Gasteiger partial charge on any atom is 0.260 e. The first-order chi connectivity index (χ1) is 8.59. The smallest absolute Gasteiger partial charge is 0.260 e. The predicted octanol–water partition coefficient (Wildman–Crippen LogP) is 3.26. The molecule has 1 amide bonds. The van der Waals surface area contributed by atoms with Crippen molar-refractivity contribution in [1.29, 1.82) is 0 Å². The Hall–Kier alpha value is -1.75. The SMILES string of the molecule is CN(C(=O)c1cccnc1Br)c1cccc(F)c1. The fourth-order valence-electron chi connectivity index (χ4n) is 1.53. The van der Waals surface area contributed by atoms with Gasteiger partial charge in [-0.15, -0.1) is 0 Å². The molecule has 2 rings (SSSR count). The molecule has 3 nitrogen and oxygen atoms in total. The molecule has 0 radical (unpaired) electrons. The minimum absolute atomic E-state index is 0.249. The molecule has 0 saturated carbocycles. The second kappa shape index (κ2) is 5.27. The molecule has 0 N–H and O–H groups in total. The maximum atomic E-state index is 13.1. The van der Waals surface area contributed by atoms with Gasteiger partial charge in [0.05, 0.1) is 5.56 Å². The van der Waals surface area contributed by atoms with Crippen LogP contribution in [0.15, 0.2) is 47.2 Å². The third-order valence-corrected chi connectivity index (χ3v) is 3.12. The van der Waals surface area contributed by atoms with Crippen molar-refractivity contribution in [3.8, 4) is 0 Å². The molecule has 0 aliphatic rings. The van der Waals surface area contributed by atoms with Gasteiger partial charge in [0.1, 0.15) is 10.4 Å². The van der Waals surface area contributed by atoms with Crippen molar-refractivity contribution >= 4 is 27.5 Å². The Kier molecular flexibility index (Phi) is 3.72. The first kappa shape index (κ1) is 12.7. The van der Waals surface area contributed by atoms with E-state index in [2.05, 4.69) is 20.9 Å². The van der Waals surface area contributed by atoms with Crippen LogP contribution in [0.3, 0.4) is 0 Å². The molecule has 92 valence electrons. The lowest BCUT2D eigenvalue weighted by molar-refractivity contribution is 0.0992. The van der Waals surface area contributed by atoms with E-state index in [0.29, 0.717) is 15.9 Å². The number of carbonyl (C=O) groups is 1. The number of carbonyl (C=O) groups excluding carboxylic acids is 1. The van der Waals surface area contributed by atoms with Crippen molar-refractivity contribution < 1.29 is 9.18 Å². The monoisotopic (exact) mass is 308 g/mol. The zero-order valence-electron chi connectivity index (χ0n) is 9.60. The first-order valence-corrected chi connectivity index (χ1v) is 6.03. The molecule has 0 unspecified atom stereocenters. The van der Waals surface area contributed by atoms with Gasteiger partial charge >= 0.3 is 0 Å². The zero-order valence-corrected chi connectivity index (χ0v) is 11.2. The van der Waals surface area contributed by atoms with E-state index in [1.165, 1.54) is 17.0 Å². The summed E-state index contributed by atoms with van der Waals surface area (Å²) in [5, 5.41) is 0. The molecule has 0 saturated heterocycles. The van der Waals surface area contributed by atoms with Crippen molar-refractivity contribution in [2.75, 3.05) is 11.9 Å². The van der Waals surface area contributed by atoms with Gasteiger partial charge in [0.15, 0.2) is 0 Å². The van der Waals surface area contributed by atoms with E-state index >= 15 is 0 Å². The van der Waals surface area contributed by atoms with Crippen LogP contribution >= 0.6 is 15.9 Å². The summed E-state index contributed by atoms with van der Waals surface area (Å²) in [4.78, 5) is 17.6. The minimum Gasteiger partial charge on any atom is -0.311 e. The van der Waals surface area contributed by atoms with Crippen LogP contribution in [0.2, 0.25) is 0 Å². The van der Waals surface area contributed by atoms with Gasteiger partial charge in [-0.25, -0.2) is 9.37 Å². The summed E-state index contributed by atoms with van der Waals surface area (Å²) >= 11 is 3.22. The van der Waals surface area contributed by atoms with Gasteiger partial charge in [0.25, 0.3) is 5.91 Å². The van der Waals surface area contributed by atoms with Crippen LogP contribution in [-0.2, 0) is 0 Å². The van der Waals surface area contributed by atoms with E-state index in [1.54, 1.807) is 37.5 Å². The quantitative estimate of drug-likeness (QED) is 0.798. The Morgan fingerprint density at radius 3 is 2.78 bits per heavy atom. The molecule has 0 aliphatic carbocycles. The van der Waals surface area contributed by atoms with Gasteiger partial charge in [0.2, 0.25) is 0 Å². The largest absolute Gasteiger partial charge is 0.311 e. The normalized spacial score (nSPS) is 10.2.